The highest BCUT2D eigenvalue weighted by atomic mass is 32.1. The summed E-state index contributed by atoms with van der Waals surface area (Å²) in [6, 6.07) is 16.8. The van der Waals surface area contributed by atoms with Crippen molar-refractivity contribution in [2.75, 3.05) is 18.5 Å². The minimum absolute atomic E-state index is 0.121. The SMILES string of the molecule is CCOc1ccc(NC(=O)CNC(=O)c2sc(-c3ccccc3)nc2C)cc1. The topological polar surface area (TPSA) is 80.3 Å². The first kappa shape index (κ1) is 19.6. The van der Waals surface area contributed by atoms with Crippen molar-refractivity contribution < 1.29 is 14.3 Å². The number of thiazole rings is 1. The molecule has 0 bridgehead atoms. The Morgan fingerprint density at radius 3 is 2.46 bits per heavy atom. The number of hydrogen-bond acceptors (Lipinski definition) is 5. The van der Waals surface area contributed by atoms with Crippen LogP contribution in [0.1, 0.15) is 22.3 Å². The number of aromatic nitrogens is 1. The van der Waals surface area contributed by atoms with E-state index >= 15 is 0 Å². The maximum Gasteiger partial charge on any atom is 0.263 e. The Morgan fingerprint density at radius 2 is 1.79 bits per heavy atom. The number of carbonyl (C=O) groups excluding carboxylic acids is 2. The van der Waals surface area contributed by atoms with E-state index in [4.69, 9.17) is 4.74 Å². The van der Waals surface area contributed by atoms with Crippen molar-refractivity contribution in [3.05, 3.63) is 65.2 Å². The lowest BCUT2D eigenvalue weighted by Gasteiger charge is -2.08. The lowest BCUT2D eigenvalue weighted by molar-refractivity contribution is -0.115. The van der Waals surface area contributed by atoms with Crippen LogP contribution in [0.5, 0.6) is 5.75 Å². The lowest BCUT2D eigenvalue weighted by Crippen LogP contribution is -2.32. The maximum absolute atomic E-state index is 12.4. The van der Waals surface area contributed by atoms with Crippen LogP contribution < -0.4 is 15.4 Å². The molecule has 6 nitrogen and oxygen atoms in total. The van der Waals surface area contributed by atoms with Gasteiger partial charge in [0.25, 0.3) is 5.91 Å². The fraction of sp³-hybridized carbons (Fsp3) is 0.190. The second-order valence-corrected chi connectivity index (χ2v) is 6.99. The molecule has 1 heterocycles. The highest BCUT2D eigenvalue weighted by molar-refractivity contribution is 7.17. The number of ether oxygens (including phenoxy) is 1. The summed E-state index contributed by atoms with van der Waals surface area (Å²) in [6.45, 7) is 4.16. The number of carbonyl (C=O) groups is 2. The third-order valence-electron chi connectivity index (χ3n) is 3.88. The molecule has 0 aliphatic rings. The van der Waals surface area contributed by atoms with Gasteiger partial charge in [0.15, 0.2) is 0 Å². The molecule has 0 fully saturated rings. The third kappa shape index (κ3) is 4.95. The van der Waals surface area contributed by atoms with E-state index in [1.807, 2.05) is 37.3 Å². The van der Waals surface area contributed by atoms with E-state index in [2.05, 4.69) is 15.6 Å². The van der Waals surface area contributed by atoms with Gasteiger partial charge in [0.05, 0.1) is 18.8 Å². The molecule has 1 aromatic heterocycles. The predicted molar refractivity (Wildman–Crippen MR) is 111 cm³/mol. The number of hydrogen-bond donors (Lipinski definition) is 2. The first-order valence-electron chi connectivity index (χ1n) is 8.90. The fourth-order valence-corrected chi connectivity index (χ4v) is 3.55. The molecule has 3 rings (SSSR count). The zero-order valence-corrected chi connectivity index (χ0v) is 16.5. The molecule has 28 heavy (non-hydrogen) atoms. The Kier molecular flexibility index (Phi) is 6.39. The van der Waals surface area contributed by atoms with Crippen LogP contribution in [0.4, 0.5) is 5.69 Å². The van der Waals surface area contributed by atoms with Gasteiger partial charge < -0.3 is 15.4 Å². The van der Waals surface area contributed by atoms with Gasteiger partial charge in [-0.25, -0.2) is 4.98 Å². The molecule has 0 saturated carbocycles. The van der Waals surface area contributed by atoms with E-state index in [1.54, 1.807) is 31.2 Å². The average molecular weight is 395 g/mol. The van der Waals surface area contributed by atoms with E-state index < -0.39 is 0 Å². The molecule has 0 atom stereocenters. The molecule has 2 N–H and O–H groups in total. The lowest BCUT2D eigenvalue weighted by atomic mass is 10.2. The largest absolute Gasteiger partial charge is 0.494 e. The maximum atomic E-state index is 12.4. The van der Waals surface area contributed by atoms with Gasteiger partial charge in [-0.2, -0.15) is 0 Å². The molecule has 7 heteroatoms. The van der Waals surface area contributed by atoms with E-state index in [0.717, 1.165) is 16.3 Å². The monoisotopic (exact) mass is 395 g/mol. The van der Waals surface area contributed by atoms with Crippen LogP contribution in [0.25, 0.3) is 10.6 Å². The number of nitrogens with one attached hydrogen (secondary N) is 2. The van der Waals surface area contributed by atoms with Crippen molar-refractivity contribution in [3.63, 3.8) is 0 Å². The number of amides is 2. The predicted octanol–water partition coefficient (Wildman–Crippen LogP) is 3.89. The molecule has 0 radical (unpaired) electrons. The smallest absolute Gasteiger partial charge is 0.263 e. The number of nitrogens with zero attached hydrogens (tertiary/aromatic N) is 1. The van der Waals surface area contributed by atoms with Crippen molar-refractivity contribution in [1.82, 2.24) is 10.3 Å². The Labute approximate surface area is 167 Å². The molecule has 144 valence electrons. The van der Waals surface area contributed by atoms with Crippen molar-refractivity contribution >= 4 is 28.8 Å². The van der Waals surface area contributed by atoms with Gasteiger partial charge in [0.1, 0.15) is 15.6 Å². The standard InChI is InChI=1S/C21H21N3O3S/c1-3-27-17-11-9-16(10-12-17)24-18(25)13-22-20(26)19-14(2)23-21(28-19)15-7-5-4-6-8-15/h4-12H,3,13H2,1-2H3,(H,22,26)(H,24,25). The number of benzene rings is 2. The zero-order valence-electron chi connectivity index (χ0n) is 15.7. The molecule has 0 aliphatic carbocycles. The summed E-state index contributed by atoms with van der Waals surface area (Å²) in [4.78, 5) is 29.5. The van der Waals surface area contributed by atoms with Crippen molar-refractivity contribution in [2.45, 2.75) is 13.8 Å². The average Bonchev–Trinajstić information content (AvgIpc) is 3.10. The second kappa shape index (κ2) is 9.14. The van der Waals surface area contributed by atoms with Crippen LogP contribution in [0.15, 0.2) is 54.6 Å². The van der Waals surface area contributed by atoms with Crippen LogP contribution in [0.2, 0.25) is 0 Å². The molecule has 0 unspecified atom stereocenters. The van der Waals surface area contributed by atoms with Crippen LogP contribution in [-0.4, -0.2) is 29.9 Å². The van der Waals surface area contributed by atoms with Crippen molar-refractivity contribution in [3.8, 4) is 16.3 Å². The quantitative estimate of drug-likeness (QED) is 0.636. The van der Waals surface area contributed by atoms with Gasteiger partial charge in [-0.05, 0) is 38.1 Å². The summed E-state index contributed by atoms with van der Waals surface area (Å²) < 4.78 is 5.36. The number of aryl methyl sites for hydroxylation is 1. The molecular formula is C21H21N3O3S. The number of anilines is 1. The summed E-state index contributed by atoms with van der Waals surface area (Å²) in [5.41, 5.74) is 2.25. The summed E-state index contributed by atoms with van der Waals surface area (Å²) in [5, 5.41) is 6.17. The highest BCUT2D eigenvalue weighted by Crippen LogP contribution is 2.27. The van der Waals surface area contributed by atoms with Crippen LogP contribution >= 0.6 is 11.3 Å². The molecule has 3 aromatic rings. The normalized spacial score (nSPS) is 10.4. The van der Waals surface area contributed by atoms with Crippen LogP contribution in [0.3, 0.4) is 0 Å². The molecule has 2 amide bonds. The van der Waals surface area contributed by atoms with Gasteiger partial charge in [-0.15, -0.1) is 11.3 Å². The van der Waals surface area contributed by atoms with E-state index in [-0.39, 0.29) is 18.4 Å². The van der Waals surface area contributed by atoms with Gasteiger partial charge in [-0.1, -0.05) is 30.3 Å². The molecule has 0 saturated heterocycles. The zero-order chi connectivity index (χ0) is 19.9. The minimum atomic E-state index is -0.306. The van der Waals surface area contributed by atoms with Crippen molar-refractivity contribution in [2.24, 2.45) is 0 Å². The van der Waals surface area contributed by atoms with E-state index in [1.165, 1.54) is 11.3 Å². The Balaban J connectivity index is 1.56. The van der Waals surface area contributed by atoms with Gasteiger partial charge in [0.2, 0.25) is 5.91 Å². The number of rotatable bonds is 7. The molecule has 0 aliphatic heterocycles. The fourth-order valence-electron chi connectivity index (χ4n) is 2.56. The van der Waals surface area contributed by atoms with E-state index in [9.17, 15) is 9.59 Å². The summed E-state index contributed by atoms with van der Waals surface area (Å²) in [7, 11) is 0. The van der Waals surface area contributed by atoms with Gasteiger partial charge >= 0.3 is 0 Å². The van der Waals surface area contributed by atoms with Gasteiger partial charge in [0, 0.05) is 11.3 Å². The first-order valence-corrected chi connectivity index (χ1v) is 9.72. The minimum Gasteiger partial charge on any atom is -0.494 e. The van der Waals surface area contributed by atoms with Crippen molar-refractivity contribution in [1.29, 1.82) is 0 Å². The van der Waals surface area contributed by atoms with Gasteiger partial charge in [-0.3, -0.25) is 9.59 Å². The third-order valence-corrected chi connectivity index (χ3v) is 5.09. The molecule has 0 spiro atoms. The summed E-state index contributed by atoms with van der Waals surface area (Å²) in [6.07, 6.45) is 0. The Morgan fingerprint density at radius 1 is 1.07 bits per heavy atom. The Hall–Kier alpha value is -3.19. The van der Waals surface area contributed by atoms with Crippen LogP contribution in [0, 0.1) is 6.92 Å². The first-order chi connectivity index (χ1) is 13.6. The summed E-state index contributed by atoms with van der Waals surface area (Å²) >= 11 is 1.31. The second-order valence-electron chi connectivity index (χ2n) is 5.99. The van der Waals surface area contributed by atoms with Crippen LogP contribution in [-0.2, 0) is 4.79 Å². The highest BCUT2D eigenvalue weighted by Gasteiger charge is 2.17. The molecular weight excluding hydrogens is 374 g/mol. The van der Waals surface area contributed by atoms with E-state index in [0.29, 0.717) is 22.9 Å². The Bertz CT molecular complexity index is 953. The molecule has 2 aromatic carbocycles. The summed E-state index contributed by atoms with van der Waals surface area (Å²) in [5.74, 6) is 0.130.